The van der Waals surface area contributed by atoms with Crippen LogP contribution in [-0.4, -0.2) is 60.5 Å². The van der Waals surface area contributed by atoms with Gasteiger partial charge in [-0.25, -0.2) is 9.79 Å². The number of carboxylic acid groups (broad SMARTS) is 1. The minimum atomic E-state index is -1.13. The Labute approximate surface area is 207 Å². The average molecular weight is 505 g/mol. The molecule has 2 aromatic rings. The number of methoxy groups -OCH3 is 1. The third-order valence-corrected chi connectivity index (χ3v) is 5.86. The van der Waals surface area contributed by atoms with Gasteiger partial charge in [0.05, 0.1) is 22.2 Å². The zero-order chi connectivity index (χ0) is 24.5. The predicted molar refractivity (Wildman–Crippen MR) is 133 cm³/mol. The maximum Gasteiger partial charge on any atom is 0.341 e. The van der Waals surface area contributed by atoms with Crippen LogP contribution in [0.5, 0.6) is 11.5 Å². The first-order valence-corrected chi connectivity index (χ1v) is 11.8. The Balaban J connectivity index is 1.93. The standard InChI is InChI=1S/C24H25ClN2O6S/c1-3-32-19-13-16(12-18(25)22(19)33-15-21(28)29)14-20-23(30)27(10-7-11-31-2)24(34-20)26-17-8-5-4-6-9-17/h4-6,8-9,12-14H,3,7,10-11,15H2,1-2H3,(H,28,29)/b20-14-,26-24?. The van der Waals surface area contributed by atoms with Crippen LogP contribution >= 0.6 is 23.4 Å². The molecule has 34 heavy (non-hydrogen) atoms. The number of carboxylic acids is 1. The van der Waals surface area contributed by atoms with Crippen molar-refractivity contribution in [2.24, 2.45) is 4.99 Å². The highest BCUT2D eigenvalue weighted by molar-refractivity contribution is 8.18. The highest BCUT2D eigenvalue weighted by atomic mass is 35.5. The summed E-state index contributed by atoms with van der Waals surface area (Å²) in [6.07, 6.45) is 2.37. The smallest absolute Gasteiger partial charge is 0.341 e. The van der Waals surface area contributed by atoms with Crippen molar-refractivity contribution in [1.29, 1.82) is 0 Å². The highest BCUT2D eigenvalue weighted by Gasteiger charge is 2.33. The number of benzene rings is 2. The topological polar surface area (TPSA) is 97.7 Å². The number of carbonyl (C=O) groups is 2. The fourth-order valence-electron chi connectivity index (χ4n) is 3.13. The van der Waals surface area contributed by atoms with Crippen molar-refractivity contribution in [3.05, 3.63) is 58.0 Å². The van der Waals surface area contributed by atoms with Crippen LogP contribution in [0.25, 0.3) is 6.08 Å². The Morgan fingerprint density at radius 1 is 1.24 bits per heavy atom. The van der Waals surface area contributed by atoms with E-state index < -0.39 is 12.6 Å². The molecule has 180 valence electrons. The van der Waals surface area contributed by atoms with Crippen molar-refractivity contribution in [3.63, 3.8) is 0 Å². The van der Waals surface area contributed by atoms with Crippen molar-refractivity contribution < 1.29 is 28.9 Å². The van der Waals surface area contributed by atoms with Gasteiger partial charge in [0.2, 0.25) is 0 Å². The summed E-state index contributed by atoms with van der Waals surface area (Å²) < 4.78 is 16.0. The molecule has 1 aliphatic rings. The fraction of sp³-hybridized carbons (Fsp3) is 0.292. The lowest BCUT2D eigenvalue weighted by molar-refractivity contribution is -0.139. The van der Waals surface area contributed by atoms with E-state index in [2.05, 4.69) is 4.99 Å². The maximum absolute atomic E-state index is 13.2. The number of rotatable bonds is 11. The largest absolute Gasteiger partial charge is 0.490 e. The Kier molecular flexibility index (Phi) is 9.38. The van der Waals surface area contributed by atoms with Gasteiger partial charge < -0.3 is 19.3 Å². The molecule has 1 heterocycles. The van der Waals surface area contributed by atoms with Crippen molar-refractivity contribution in [2.45, 2.75) is 13.3 Å². The zero-order valence-corrected chi connectivity index (χ0v) is 20.4. The van der Waals surface area contributed by atoms with E-state index in [1.54, 1.807) is 37.1 Å². The number of halogens is 1. The van der Waals surface area contributed by atoms with Gasteiger partial charge in [-0.05, 0) is 61.0 Å². The molecule has 3 rings (SSSR count). The molecular weight excluding hydrogens is 480 g/mol. The van der Waals surface area contributed by atoms with Crippen molar-refractivity contribution >= 4 is 52.2 Å². The molecule has 0 unspecified atom stereocenters. The Morgan fingerprint density at radius 2 is 2.00 bits per heavy atom. The molecule has 0 atom stereocenters. The van der Waals surface area contributed by atoms with E-state index in [1.807, 2.05) is 30.3 Å². The molecular formula is C24H25ClN2O6S. The summed E-state index contributed by atoms with van der Waals surface area (Å²) in [4.78, 5) is 30.9. The average Bonchev–Trinajstić information content (AvgIpc) is 3.08. The summed E-state index contributed by atoms with van der Waals surface area (Å²) in [6.45, 7) is 2.56. The number of nitrogens with zero attached hydrogens (tertiary/aromatic N) is 2. The van der Waals surface area contributed by atoms with Crippen molar-refractivity contribution in [3.8, 4) is 11.5 Å². The third kappa shape index (κ3) is 6.75. The number of amidine groups is 1. The van der Waals surface area contributed by atoms with Crippen LogP contribution in [0.2, 0.25) is 5.02 Å². The molecule has 0 spiro atoms. The number of aliphatic imine (C=N–C) groups is 1. The molecule has 1 amide bonds. The number of thioether (sulfide) groups is 1. The summed E-state index contributed by atoms with van der Waals surface area (Å²) in [5, 5.41) is 9.67. The van der Waals surface area contributed by atoms with Gasteiger partial charge in [-0.15, -0.1) is 0 Å². The van der Waals surface area contributed by atoms with Crippen molar-refractivity contribution in [1.82, 2.24) is 4.90 Å². The number of hydrogen-bond donors (Lipinski definition) is 1. The Bertz CT molecular complexity index is 1090. The lowest BCUT2D eigenvalue weighted by Gasteiger charge is -2.15. The second-order valence-electron chi connectivity index (χ2n) is 7.09. The van der Waals surface area contributed by atoms with Crippen LogP contribution in [0.4, 0.5) is 5.69 Å². The minimum absolute atomic E-state index is 0.144. The molecule has 10 heteroatoms. The van der Waals surface area contributed by atoms with Gasteiger partial charge in [-0.3, -0.25) is 9.69 Å². The molecule has 1 aliphatic heterocycles. The number of para-hydroxylation sites is 1. The number of ether oxygens (including phenoxy) is 3. The lowest BCUT2D eigenvalue weighted by atomic mass is 10.1. The van der Waals surface area contributed by atoms with Crippen LogP contribution in [0.3, 0.4) is 0 Å². The Morgan fingerprint density at radius 3 is 2.68 bits per heavy atom. The highest BCUT2D eigenvalue weighted by Crippen LogP contribution is 2.39. The number of aliphatic carboxylic acids is 1. The monoisotopic (exact) mass is 504 g/mol. The number of carbonyl (C=O) groups excluding carboxylic acids is 1. The quantitative estimate of drug-likeness (QED) is 0.345. The molecule has 1 N–H and O–H groups in total. The van der Waals surface area contributed by atoms with Gasteiger partial charge in [0.15, 0.2) is 23.3 Å². The predicted octanol–water partition coefficient (Wildman–Crippen LogP) is 4.84. The zero-order valence-electron chi connectivity index (χ0n) is 18.8. The molecule has 0 saturated carbocycles. The van der Waals surface area contributed by atoms with Gasteiger partial charge in [-0.1, -0.05) is 29.8 Å². The molecule has 2 aromatic carbocycles. The first-order chi connectivity index (χ1) is 16.4. The molecule has 1 fully saturated rings. The number of amides is 1. The van der Waals surface area contributed by atoms with E-state index in [1.165, 1.54) is 11.8 Å². The normalized spacial score (nSPS) is 15.9. The summed E-state index contributed by atoms with van der Waals surface area (Å²) >= 11 is 7.63. The van der Waals surface area contributed by atoms with Gasteiger partial charge in [0.1, 0.15) is 0 Å². The lowest BCUT2D eigenvalue weighted by Crippen LogP contribution is -2.30. The maximum atomic E-state index is 13.2. The summed E-state index contributed by atoms with van der Waals surface area (Å²) in [5.41, 5.74) is 1.36. The minimum Gasteiger partial charge on any atom is -0.490 e. The van der Waals surface area contributed by atoms with Crippen LogP contribution in [0.15, 0.2) is 52.4 Å². The molecule has 0 radical (unpaired) electrons. The molecule has 0 bridgehead atoms. The van der Waals surface area contributed by atoms with Crippen LogP contribution < -0.4 is 9.47 Å². The molecule has 0 aliphatic carbocycles. The van der Waals surface area contributed by atoms with Crippen LogP contribution in [0.1, 0.15) is 18.9 Å². The number of hydrogen-bond acceptors (Lipinski definition) is 7. The first-order valence-electron chi connectivity index (χ1n) is 10.6. The van der Waals surface area contributed by atoms with E-state index in [9.17, 15) is 9.59 Å². The third-order valence-electron chi connectivity index (χ3n) is 4.57. The van der Waals surface area contributed by atoms with Gasteiger partial charge in [0.25, 0.3) is 5.91 Å². The van der Waals surface area contributed by atoms with Gasteiger partial charge >= 0.3 is 5.97 Å². The van der Waals surface area contributed by atoms with Crippen molar-refractivity contribution in [2.75, 3.05) is 33.5 Å². The second kappa shape index (κ2) is 12.5. The summed E-state index contributed by atoms with van der Waals surface area (Å²) in [7, 11) is 1.62. The van der Waals surface area contributed by atoms with Gasteiger partial charge in [-0.2, -0.15) is 0 Å². The van der Waals surface area contributed by atoms with E-state index in [0.717, 1.165) is 5.69 Å². The SMILES string of the molecule is CCOc1cc(/C=C2\SC(=Nc3ccccc3)N(CCCOC)C2=O)cc(Cl)c1OCC(=O)O. The molecule has 0 aromatic heterocycles. The van der Waals surface area contributed by atoms with Crippen LogP contribution in [0, 0.1) is 0 Å². The Hall–Kier alpha value is -3.01. The van der Waals surface area contributed by atoms with Gasteiger partial charge in [0, 0.05) is 20.3 Å². The fourth-order valence-corrected chi connectivity index (χ4v) is 4.43. The van der Waals surface area contributed by atoms with Crippen LogP contribution in [-0.2, 0) is 14.3 Å². The molecule has 1 saturated heterocycles. The van der Waals surface area contributed by atoms with E-state index in [4.69, 9.17) is 30.9 Å². The molecule has 8 nitrogen and oxygen atoms in total. The van der Waals surface area contributed by atoms with E-state index in [0.29, 0.717) is 47.6 Å². The first kappa shape index (κ1) is 25.6. The summed E-state index contributed by atoms with van der Waals surface area (Å²) in [6, 6.07) is 12.7. The van der Waals surface area contributed by atoms with E-state index in [-0.39, 0.29) is 16.7 Å². The summed E-state index contributed by atoms with van der Waals surface area (Å²) in [5.74, 6) is -0.854. The van der Waals surface area contributed by atoms with E-state index >= 15 is 0 Å². The second-order valence-corrected chi connectivity index (χ2v) is 8.51.